The molecular formula is C12H11Cl2FN2. The Kier molecular flexibility index (Phi) is 3.15. The predicted molar refractivity (Wildman–Crippen MR) is 70.2 cm³/mol. The third-order valence-corrected chi connectivity index (χ3v) is 3.20. The number of anilines is 1. The molecule has 90 valence electrons. The van der Waals surface area contributed by atoms with Gasteiger partial charge >= 0.3 is 0 Å². The number of nitrogens with zero attached hydrogens (tertiary/aromatic N) is 1. The van der Waals surface area contributed by atoms with Crippen LogP contribution < -0.4 is 5.73 Å². The zero-order chi connectivity index (χ0) is 12.7. The van der Waals surface area contributed by atoms with Crippen molar-refractivity contribution in [3.8, 4) is 0 Å². The third kappa shape index (κ3) is 2.05. The van der Waals surface area contributed by atoms with Gasteiger partial charge in [0, 0.05) is 16.8 Å². The first-order valence-electron chi connectivity index (χ1n) is 5.15. The number of hydrogen-bond donors (Lipinski definition) is 1. The molecule has 1 heterocycles. The largest absolute Gasteiger partial charge is 0.398 e. The van der Waals surface area contributed by atoms with Crippen molar-refractivity contribution in [2.75, 3.05) is 5.73 Å². The fourth-order valence-corrected chi connectivity index (χ4v) is 2.20. The number of pyridine rings is 1. The van der Waals surface area contributed by atoms with E-state index in [9.17, 15) is 4.39 Å². The quantitative estimate of drug-likeness (QED) is 0.783. The average molecular weight is 273 g/mol. The van der Waals surface area contributed by atoms with Crippen molar-refractivity contribution in [3.63, 3.8) is 0 Å². The number of nitrogen functional groups attached to an aromatic ring is 1. The van der Waals surface area contributed by atoms with Crippen LogP contribution in [0.15, 0.2) is 12.1 Å². The summed E-state index contributed by atoms with van der Waals surface area (Å²) >= 11 is 11.6. The van der Waals surface area contributed by atoms with Gasteiger partial charge in [0.05, 0.1) is 15.6 Å². The predicted octanol–water partition coefficient (Wildman–Crippen LogP) is 4.39. The lowest BCUT2D eigenvalue weighted by Gasteiger charge is -2.11. The van der Waals surface area contributed by atoms with Crippen LogP contribution in [0.4, 0.5) is 10.1 Å². The van der Waals surface area contributed by atoms with Gasteiger partial charge in [-0.1, -0.05) is 37.0 Å². The first-order valence-corrected chi connectivity index (χ1v) is 5.91. The number of aromatic nitrogens is 1. The zero-order valence-corrected chi connectivity index (χ0v) is 10.9. The molecule has 2 rings (SSSR count). The van der Waals surface area contributed by atoms with Gasteiger partial charge in [0.2, 0.25) is 0 Å². The Bertz CT molecular complexity index is 597. The zero-order valence-electron chi connectivity index (χ0n) is 9.39. The lowest BCUT2D eigenvalue weighted by molar-refractivity contribution is 0.630. The van der Waals surface area contributed by atoms with E-state index in [0.717, 1.165) is 5.69 Å². The number of hydrogen-bond acceptors (Lipinski definition) is 2. The van der Waals surface area contributed by atoms with Crippen LogP contribution in [0, 0.1) is 5.82 Å². The molecule has 0 unspecified atom stereocenters. The second-order valence-corrected chi connectivity index (χ2v) is 4.96. The maximum atomic E-state index is 13.6. The van der Waals surface area contributed by atoms with Gasteiger partial charge < -0.3 is 5.73 Å². The molecule has 0 fully saturated rings. The Hall–Kier alpha value is -1.06. The molecule has 0 radical (unpaired) electrons. The maximum Gasteiger partial charge on any atom is 0.161 e. The van der Waals surface area contributed by atoms with Gasteiger partial charge in [-0.05, 0) is 18.1 Å². The molecule has 0 amide bonds. The summed E-state index contributed by atoms with van der Waals surface area (Å²) < 4.78 is 13.6. The van der Waals surface area contributed by atoms with E-state index in [2.05, 4.69) is 4.98 Å². The van der Waals surface area contributed by atoms with Gasteiger partial charge in [-0.2, -0.15) is 0 Å². The second-order valence-electron chi connectivity index (χ2n) is 4.17. The smallest absolute Gasteiger partial charge is 0.161 e. The Morgan fingerprint density at radius 2 is 1.94 bits per heavy atom. The van der Waals surface area contributed by atoms with Gasteiger partial charge in [-0.3, -0.25) is 4.98 Å². The summed E-state index contributed by atoms with van der Waals surface area (Å²) in [5, 5.41) is 0.293. The van der Waals surface area contributed by atoms with Crippen LogP contribution in [0.1, 0.15) is 25.5 Å². The molecule has 0 saturated carbocycles. The van der Waals surface area contributed by atoms with Crippen LogP contribution in [0.3, 0.4) is 0 Å². The monoisotopic (exact) mass is 272 g/mol. The number of nitrogens with two attached hydrogens (primary N) is 1. The molecule has 0 aliphatic rings. The molecule has 2 nitrogen and oxygen atoms in total. The van der Waals surface area contributed by atoms with Crippen molar-refractivity contribution in [1.82, 2.24) is 4.98 Å². The van der Waals surface area contributed by atoms with E-state index in [1.807, 2.05) is 13.8 Å². The van der Waals surface area contributed by atoms with Gasteiger partial charge in [-0.15, -0.1) is 0 Å². The van der Waals surface area contributed by atoms with E-state index < -0.39 is 5.82 Å². The fraction of sp³-hybridized carbons (Fsp3) is 0.250. The van der Waals surface area contributed by atoms with Crippen LogP contribution >= 0.6 is 23.2 Å². The number of rotatable bonds is 1. The van der Waals surface area contributed by atoms with Crippen LogP contribution in [0.2, 0.25) is 10.0 Å². The molecule has 17 heavy (non-hydrogen) atoms. The minimum Gasteiger partial charge on any atom is -0.398 e. The van der Waals surface area contributed by atoms with E-state index in [-0.39, 0.29) is 16.0 Å². The molecule has 0 saturated heterocycles. The Balaban J connectivity index is 2.87. The van der Waals surface area contributed by atoms with Gasteiger partial charge in [0.15, 0.2) is 5.82 Å². The van der Waals surface area contributed by atoms with Crippen molar-refractivity contribution in [2.24, 2.45) is 0 Å². The molecule has 1 aromatic heterocycles. The van der Waals surface area contributed by atoms with Crippen molar-refractivity contribution in [2.45, 2.75) is 19.8 Å². The Labute approximate surface area is 109 Å². The normalized spacial score (nSPS) is 11.4. The fourth-order valence-electron chi connectivity index (χ4n) is 1.64. The van der Waals surface area contributed by atoms with Gasteiger partial charge in [-0.25, -0.2) is 4.39 Å². The van der Waals surface area contributed by atoms with Crippen LogP contribution in [0.5, 0.6) is 0 Å². The molecule has 1 aromatic carbocycles. The summed E-state index contributed by atoms with van der Waals surface area (Å²) in [7, 11) is 0. The molecule has 0 atom stereocenters. The van der Waals surface area contributed by atoms with Crippen molar-refractivity contribution >= 4 is 39.8 Å². The Morgan fingerprint density at radius 1 is 1.29 bits per heavy atom. The van der Waals surface area contributed by atoms with E-state index in [0.29, 0.717) is 16.6 Å². The number of benzene rings is 1. The highest BCUT2D eigenvalue weighted by Crippen LogP contribution is 2.35. The van der Waals surface area contributed by atoms with Crippen molar-refractivity contribution in [3.05, 3.63) is 33.7 Å². The van der Waals surface area contributed by atoms with E-state index in [1.54, 1.807) is 6.07 Å². The van der Waals surface area contributed by atoms with Crippen LogP contribution in [-0.4, -0.2) is 4.98 Å². The molecule has 0 aliphatic carbocycles. The summed E-state index contributed by atoms with van der Waals surface area (Å²) in [4.78, 5) is 4.38. The topological polar surface area (TPSA) is 38.9 Å². The number of halogens is 3. The molecule has 2 N–H and O–H groups in total. The first-order chi connectivity index (χ1) is 7.91. The Morgan fingerprint density at radius 3 is 2.53 bits per heavy atom. The highest BCUT2D eigenvalue weighted by molar-refractivity contribution is 6.39. The summed E-state index contributed by atoms with van der Waals surface area (Å²) in [6.07, 6.45) is 0. The average Bonchev–Trinajstić information content (AvgIpc) is 2.25. The summed E-state index contributed by atoms with van der Waals surface area (Å²) in [6.45, 7) is 4.00. The van der Waals surface area contributed by atoms with Gasteiger partial charge in [0.1, 0.15) is 0 Å². The standard InChI is InChI=1S/C12H11Cl2FN2/c1-5(2)8-4-7(16)10-9(17-8)3-6(13)12(15)11(10)14/h3-5H,1-2H3,(H2,16,17). The summed E-state index contributed by atoms with van der Waals surface area (Å²) in [5.74, 6) is -0.434. The highest BCUT2D eigenvalue weighted by atomic mass is 35.5. The summed E-state index contributed by atoms with van der Waals surface area (Å²) in [6, 6.07) is 3.16. The molecular weight excluding hydrogens is 262 g/mol. The highest BCUT2D eigenvalue weighted by Gasteiger charge is 2.15. The molecule has 0 aliphatic heterocycles. The van der Waals surface area contributed by atoms with Crippen LogP contribution in [0.25, 0.3) is 10.9 Å². The second kappa shape index (κ2) is 4.31. The van der Waals surface area contributed by atoms with E-state index in [4.69, 9.17) is 28.9 Å². The van der Waals surface area contributed by atoms with E-state index >= 15 is 0 Å². The minimum absolute atomic E-state index is 0.0460. The third-order valence-electron chi connectivity index (χ3n) is 2.57. The molecule has 0 spiro atoms. The first kappa shape index (κ1) is 12.4. The number of fused-ring (bicyclic) bond motifs is 1. The SMILES string of the molecule is CC(C)c1cc(N)c2c(Cl)c(F)c(Cl)cc2n1. The minimum atomic E-state index is -0.661. The molecule has 2 aromatic rings. The van der Waals surface area contributed by atoms with Crippen LogP contribution in [-0.2, 0) is 0 Å². The van der Waals surface area contributed by atoms with Gasteiger partial charge in [0.25, 0.3) is 0 Å². The van der Waals surface area contributed by atoms with Crippen molar-refractivity contribution < 1.29 is 4.39 Å². The molecule has 0 bridgehead atoms. The summed E-state index contributed by atoms with van der Waals surface area (Å²) in [5.41, 5.74) is 7.64. The maximum absolute atomic E-state index is 13.6. The lowest BCUT2D eigenvalue weighted by atomic mass is 10.1. The molecule has 5 heteroatoms. The van der Waals surface area contributed by atoms with Crippen molar-refractivity contribution in [1.29, 1.82) is 0 Å². The van der Waals surface area contributed by atoms with E-state index in [1.165, 1.54) is 6.07 Å². The lowest BCUT2D eigenvalue weighted by Crippen LogP contribution is -1.99.